The third kappa shape index (κ3) is 5.68. The Labute approximate surface area is 198 Å². The van der Waals surface area contributed by atoms with Crippen molar-refractivity contribution in [3.05, 3.63) is 62.9 Å². The van der Waals surface area contributed by atoms with E-state index in [0.29, 0.717) is 24.0 Å². The van der Waals surface area contributed by atoms with Gasteiger partial charge in [-0.2, -0.15) is 0 Å². The number of hydrogen-bond acceptors (Lipinski definition) is 5. The lowest BCUT2D eigenvalue weighted by Gasteiger charge is -2.13. The fraction of sp³-hybridized carbons (Fsp3) is 0.360. The Hall–Kier alpha value is -2.41. The smallest absolute Gasteiger partial charge is 0.158 e. The van der Waals surface area contributed by atoms with E-state index < -0.39 is 0 Å². The molecule has 0 radical (unpaired) electrons. The van der Waals surface area contributed by atoms with Gasteiger partial charge in [0.1, 0.15) is 11.4 Å². The topological polar surface area (TPSA) is 54.0 Å². The maximum atomic E-state index is 6.25. The number of aromatic amines is 1. The normalized spacial score (nSPS) is 11.7. The summed E-state index contributed by atoms with van der Waals surface area (Å²) in [6.07, 6.45) is 1.69. The van der Waals surface area contributed by atoms with E-state index in [9.17, 15) is 0 Å². The maximum Gasteiger partial charge on any atom is 0.158 e. The van der Waals surface area contributed by atoms with Crippen LogP contribution in [0.2, 0.25) is 5.02 Å². The van der Waals surface area contributed by atoms with Gasteiger partial charge in [0.05, 0.1) is 22.6 Å². The van der Waals surface area contributed by atoms with E-state index in [0.717, 1.165) is 51.8 Å². The van der Waals surface area contributed by atoms with Crippen LogP contribution in [0.25, 0.3) is 22.6 Å². The minimum Gasteiger partial charge on any atom is -0.493 e. The van der Waals surface area contributed by atoms with Crippen LogP contribution < -0.4 is 4.74 Å². The highest BCUT2D eigenvalue weighted by molar-refractivity contribution is 7.10. The number of benzene rings is 2. The number of H-pyrrole nitrogens is 1. The zero-order valence-electron chi connectivity index (χ0n) is 19.0. The molecule has 2 aromatic heterocycles. The number of rotatable bonds is 9. The fourth-order valence-electron chi connectivity index (χ4n) is 3.43. The standard InChI is InChI=1S/C25H29ClN4OS/c1-16(2)14-31-23-8-6-19(26)12-18(23)13-24-27-22(15-32-24)25-28-20-7-5-17(9-10-30(3)4)11-21(20)29-25/h5-8,11-12,15-16H,9-10,13-14H2,1-4H3,(H,28,29). The van der Waals surface area contributed by atoms with E-state index in [1.807, 2.05) is 18.2 Å². The first kappa shape index (κ1) is 22.8. The predicted octanol–water partition coefficient (Wildman–Crippen LogP) is 6.07. The van der Waals surface area contributed by atoms with Crippen molar-refractivity contribution in [1.82, 2.24) is 19.9 Å². The van der Waals surface area contributed by atoms with Gasteiger partial charge in [0.25, 0.3) is 0 Å². The molecule has 0 bridgehead atoms. The molecule has 0 saturated heterocycles. The van der Waals surface area contributed by atoms with Crippen LogP contribution in [0.3, 0.4) is 0 Å². The highest BCUT2D eigenvalue weighted by Crippen LogP contribution is 2.29. The minimum atomic E-state index is 0.460. The average Bonchev–Trinajstić information content (AvgIpc) is 3.38. The Bertz CT molecular complexity index is 1200. The van der Waals surface area contributed by atoms with Gasteiger partial charge in [0, 0.05) is 28.9 Å². The molecule has 2 heterocycles. The van der Waals surface area contributed by atoms with Gasteiger partial charge in [0.2, 0.25) is 0 Å². The van der Waals surface area contributed by atoms with E-state index in [1.54, 1.807) is 11.3 Å². The highest BCUT2D eigenvalue weighted by atomic mass is 35.5. The lowest BCUT2D eigenvalue weighted by molar-refractivity contribution is 0.269. The van der Waals surface area contributed by atoms with Gasteiger partial charge in [-0.3, -0.25) is 0 Å². The van der Waals surface area contributed by atoms with E-state index >= 15 is 0 Å². The van der Waals surface area contributed by atoms with Crippen molar-refractivity contribution in [2.24, 2.45) is 5.92 Å². The van der Waals surface area contributed by atoms with Gasteiger partial charge >= 0.3 is 0 Å². The number of thiazole rings is 1. The molecule has 2 aromatic carbocycles. The number of halogens is 1. The second kappa shape index (κ2) is 10.0. The second-order valence-corrected chi connectivity index (χ2v) is 10.1. The van der Waals surface area contributed by atoms with Gasteiger partial charge in [-0.1, -0.05) is 31.5 Å². The number of nitrogens with one attached hydrogen (secondary N) is 1. The van der Waals surface area contributed by atoms with Gasteiger partial charge < -0.3 is 14.6 Å². The number of ether oxygens (including phenoxy) is 1. The van der Waals surface area contributed by atoms with Crippen molar-refractivity contribution >= 4 is 34.0 Å². The monoisotopic (exact) mass is 468 g/mol. The molecule has 5 nitrogen and oxygen atoms in total. The molecule has 0 spiro atoms. The maximum absolute atomic E-state index is 6.25. The molecule has 0 aliphatic heterocycles. The van der Waals surface area contributed by atoms with Gasteiger partial charge in [-0.25, -0.2) is 9.97 Å². The van der Waals surface area contributed by atoms with Crippen LogP contribution in [0.15, 0.2) is 41.8 Å². The summed E-state index contributed by atoms with van der Waals surface area (Å²) in [5, 5.41) is 3.76. The molecule has 0 unspecified atom stereocenters. The molecule has 1 N–H and O–H groups in total. The first-order chi connectivity index (χ1) is 15.4. The summed E-state index contributed by atoms with van der Waals surface area (Å²) in [6, 6.07) is 12.2. The molecule has 0 saturated carbocycles. The van der Waals surface area contributed by atoms with E-state index in [-0.39, 0.29) is 0 Å². The summed E-state index contributed by atoms with van der Waals surface area (Å²) < 4.78 is 6.00. The fourth-order valence-corrected chi connectivity index (χ4v) is 4.43. The number of fused-ring (bicyclic) bond motifs is 1. The van der Waals surface area contributed by atoms with Crippen LogP contribution in [-0.2, 0) is 12.8 Å². The molecule has 4 rings (SSSR count). The van der Waals surface area contributed by atoms with Crippen molar-refractivity contribution in [3.63, 3.8) is 0 Å². The first-order valence-electron chi connectivity index (χ1n) is 10.9. The third-order valence-electron chi connectivity index (χ3n) is 5.12. The van der Waals surface area contributed by atoms with Crippen LogP contribution >= 0.6 is 22.9 Å². The number of nitrogens with zero attached hydrogens (tertiary/aromatic N) is 3. The molecule has 0 aliphatic carbocycles. The van der Waals surface area contributed by atoms with Gasteiger partial charge in [0.15, 0.2) is 5.82 Å². The Balaban J connectivity index is 1.53. The number of aromatic nitrogens is 3. The molecule has 168 valence electrons. The molecule has 7 heteroatoms. The molecular formula is C25H29ClN4OS. The summed E-state index contributed by atoms with van der Waals surface area (Å²) in [5.74, 6) is 2.13. The van der Waals surface area contributed by atoms with Gasteiger partial charge in [-0.15, -0.1) is 11.3 Å². The molecule has 0 atom stereocenters. The SMILES string of the molecule is CC(C)COc1ccc(Cl)cc1Cc1nc(-c2nc3ccc(CCN(C)C)cc3[nH]2)cs1. The van der Waals surface area contributed by atoms with E-state index in [1.165, 1.54) is 5.56 Å². The van der Waals surface area contributed by atoms with Crippen molar-refractivity contribution in [2.45, 2.75) is 26.7 Å². The summed E-state index contributed by atoms with van der Waals surface area (Å²) >= 11 is 7.88. The molecule has 32 heavy (non-hydrogen) atoms. The highest BCUT2D eigenvalue weighted by Gasteiger charge is 2.13. The molecule has 0 aliphatic rings. The van der Waals surface area contributed by atoms with Crippen LogP contribution in [0.1, 0.15) is 30.0 Å². The van der Waals surface area contributed by atoms with E-state index in [4.69, 9.17) is 26.3 Å². The summed E-state index contributed by atoms with van der Waals surface area (Å²) in [5.41, 5.74) is 5.22. The summed E-state index contributed by atoms with van der Waals surface area (Å²) in [7, 11) is 4.19. The van der Waals surface area contributed by atoms with Crippen molar-refractivity contribution in [1.29, 1.82) is 0 Å². The van der Waals surface area contributed by atoms with Gasteiger partial charge in [-0.05, 0) is 62.3 Å². The molecular weight excluding hydrogens is 440 g/mol. The minimum absolute atomic E-state index is 0.460. The quantitative estimate of drug-likeness (QED) is 0.324. The van der Waals surface area contributed by atoms with Crippen molar-refractivity contribution < 1.29 is 4.74 Å². The molecule has 0 amide bonds. The first-order valence-corrected chi connectivity index (χ1v) is 12.1. The number of likely N-dealkylation sites (N-methyl/N-ethyl adjacent to an activating group) is 1. The van der Waals surface area contributed by atoms with Crippen LogP contribution in [0, 0.1) is 5.92 Å². The van der Waals surface area contributed by atoms with Crippen LogP contribution in [-0.4, -0.2) is 47.1 Å². The van der Waals surface area contributed by atoms with Crippen molar-refractivity contribution in [2.75, 3.05) is 27.2 Å². The van der Waals surface area contributed by atoms with Crippen molar-refractivity contribution in [3.8, 4) is 17.3 Å². The average molecular weight is 469 g/mol. The van der Waals surface area contributed by atoms with E-state index in [2.05, 4.69) is 61.4 Å². The lowest BCUT2D eigenvalue weighted by Crippen LogP contribution is -2.14. The Morgan fingerprint density at radius 2 is 1.97 bits per heavy atom. The Kier molecular flexibility index (Phi) is 7.13. The molecule has 0 fully saturated rings. The predicted molar refractivity (Wildman–Crippen MR) is 134 cm³/mol. The number of imidazole rings is 1. The summed E-state index contributed by atoms with van der Waals surface area (Å²) in [6.45, 7) is 5.98. The molecule has 4 aromatic rings. The second-order valence-electron chi connectivity index (χ2n) is 8.75. The lowest BCUT2D eigenvalue weighted by atomic mass is 10.1. The zero-order valence-corrected chi connectivity index (χ0v) is 20.6. The third-order valence-corrected chi connectivity index (χ3v) is 6.21. The zero-order chi connectivity index (χ0) is 22.7. The van der Waals surface area contributed by atoms with Crippen LogP contribution in [0.5, 0.6) is 5.75 Å². The summed E-state index contributed by atoms with van der Waals surface area (Å²) in [4.78, 5) is 15.2. The van der Waals surface area contributed by atoms with Crippen LogP contribution in [0.4, 0.5) is 0 Å². The number of hydrogen-bond donors (Lipinski definition) is 1. The largest absolute Gasteiger partial charge is 0.493 e. The Morgan fingerprint density at radius 1 is 1.12 bits per heavy atom. The Morgan fingerprint density at radius 3 is 2.75 bits per heavy atom.